The first-order valence-corrected chi connectivity index (χ1v) is 6.81. The highest BCUT2D eigenvalue weighted by Gasteiger charge is 2.12. The van der Waals surface area contributed by atoms with Crippen molar-refractivity contribution in [3.63, 3.8) is 0 Å². The van der Waals surface area contributed by atoms with E-state index in [9.17, 15) is 4.79 Å². The lowest BCUT2D eigenvalue weighted by Gasteiger charge is -2.13. The molecule has 1 heterocycles. The van der Waals surface area contributed by atoms with E-state index in [1.807, 2.05) is 61.5 Å². The second kappa shape index (κ2) is 5.75. The Hall–Kier alpha value is -2.68. The molecule has 3 heteroatoms. The molecular formula is C18H15NO2. The van der Waals surface area contributed by atoms with Crippen molar-refractivity contribution in [2.45, 2.75) is 13.5 Å². The number of benzene rings is 2. The monoisotopic (exact) mass is 277 g/mol. The zero-order valence-electron chi connectivity index (χ0n) is 11.7. The van der Waals surface area contributed by atoms with Gasteiger partial charge in [-0.15, -0.1) is 0 Å². The SMILES string of the molecule is Cc1c(C=O)nc2ccccc2c1OCc1ccccc1. The van der Waals surface area contributed by atoms with Crippen molar-refractivity contribution in [2.24, 2.45) is 0 Å². The van der Waals surface area contributed by atoms with Gasteiger partial charge in [0, 0.05) is 10.9 Å². The quantitative estimate of drug-likeness (QED) is 0.678. The number of carbonyl (C=O) groups excluding carboxylic acids is 1. The fourth-order valence-electron chi connectivity index (χ4n) is 2.33. The summed E-state index contributed by atoms with van der Waals surface area (Å²) in [7, 11) is 0. The minimum Gasteiger partial charge on any atom is -0.488 e. The van der Waals surface area contributed by atoms with Crippen molar-refractivity contribution in [2.75, 3.05) is 0 Å². The summed E-state index contributed by atoms with van der Waals surface area (Å²) in [6, 6.07) is 17.7. The van der Waals surface area contributed by atoms with Crippen LogP contribution in [-0.4, -0.2) is 11.3 Å². The van der Waals surface area contributed by atoms with Crippen LogP contribution < -0.4 is 4.74 Å². The minimum absolute atomic E-state index is 0.428. The van der Waals surface area contributed by atoms with Gasteiger partial charge in [0.05, 0.1) is 5.52 Å². The third kappa shape index (κ3) is 2.63. The van der Waals surface area contributed by atoms with Crippen LogP contribution in [-0.2, 0) is 6.61 Å². The number of ether oxygens (including phenoxy) is 1. The van der Waals surface area contributed by atoms with Crippen molar-refractivity contribution < 1.29 is 9.53 Å². The van der Waals surface area contributed by atoms with E-state index < -0.39 is 0 Å². The van der Waals surface area contributed by atoms with E-state index >= 15 is 0 Å². The predicted octanol–water partition coefficient (Wildman–Crippen LogP) is 3.93. The average Bonchev–Trinajstić information content (AvgIpc) is 2.54. The number of pyridine rings is 1. The lowest BCUT2D eigenvalue weighted by atomic mass is 10.1. The molecule has 2 aromatic carbocycles. The predicted molar refractivity (Wildman–Crippen MR) is 82.6 cm³/mol. The van der Waals surface area contributed by atoms with Gasteiger partial charge in [0.15, 0.2) is 6.29 Å². The smallest absolute Gasteiger partial charge is 0.168 e. The Bertz CT molecular complexity index is 782. The Labute approximate surface area is 123 Å². The summed E-state index contributed by atoms with van der Waals surface area (Å²) in [5.41, 5.74) is 3.06. The van der Waals surface area contributed by atoms with E-state index in [2.05, 4.69) is 4.98 Å². The molecule has 0 radical (unpaired) electrons. The van der Waals surface area contributed by atoms with Crippen LogP contribution >= 0.6 is 0 Å². The number of fused-ring (bicyclic) bond motifs is 1. The Morgan fingerprint density at radius 2 is 1.76 bits per heavy atom. The van der Waals surface area contributed by atoms with Gasteiger partial charge in [-0.25, -0.2) is 4.98 Å². The minimum atomic E-state index is 0.428. The summed E-state index contributed by atoms with van der Waals surface area (Å²) < 4.78 is 5.98. The summed E-state index contributed by atoms with van der Waals surface area (Å²) in [4.78, 5) is 15.5. The zero-order chi connectivity index (χ0) is 14.7. The molecule has 0 aliphatic heterocycles. The number of aldehydes is 1. The molecule has 0 spiro atoms. The average molecular weight is 277 g/mol. The maximum atomic E-state index is 11.2. The van der Waals surface area contributed by atoms with Crippen molar-refractivity contribution >= 4 is 17.2 Å². The molecule has 1 aromatic heterocycles. The van der Waals surface area contributed by atoms with Crippen molar-refractivity contribution in [1.29, 1.82) is 0 Å². The molecule has 0 bridgehead atoms. The van der Waals surface area contributed by atoms with Crippen molar-refractivity contribution in [3.05, 3.63) is 71.4 Å². The van der Waals surface area contributed by atoms with Crippen molar-refractivity contribution in [1.82, 2.24) is 4.98 Å². The molecule has 0 atom stereocenters. The largest absolute Gasteiger partial charge is 0.488 e. The van der Waals surface area contributed by atoms with Crippen LogP contribution in [0.15, 0.2) is 54.6 Å². The van der Waals surface area contributed by atoms with Gasteiger partial charge >= 0.3 is 0 Å². The zero-order valence-corrected chi connectivity index (χ0v) is 11.7. The highest BCUT2D eigenvalue weighted by Crippen LogP contribution is 2.30. The first kappa shape index (κ1) is 13.3. The molecule has 21 heavy (non-hydrogen) atoms. The van der Waals surface area contributed by atoms with Gasteiger partial charge in [0.1, 0.15) is 18.1 Å². The van der Waals surface area contributed by atoms with Crippen LogP contribution in [0.3, 0.4) is 0 Å². The molecule has 0 amide bonds. The summed E-state index contributed by atoms with van der Waals surface area (Å²) in [5.74, 6) is 0.728. The molecule has 0 aliphatic rings. The lowest BCUT2D eigenvalue weighted by Crippen LogP contribution is -2.02. The number of nitrogens with zero attached hydrogens (tertiary/aromatic N) is 1. The Morgan fingerprint density at radius 3 is 2.52 bits per heavy atom. The van der Waals surface area contributed by atoms with Crippen LogP contribution in [0.25, 0.3) is 10.9 Å². The van der Waals surface area contributed by atoms with Crippen LogP contribution in [0.1, 0.15) is 21.6 Å². The summed E-state index contributed by atoms with van der Waals surface area (Å²) >= 11 is 0. The van der Waals surface area contributed by atoms with Crippen LogP contribution in [0, 0.1) is 6.92 Å². The molecule has 0 unspecified atom stereocenters. The highest BCUT2D eigenvalue weighted by molar-refractivity contribution is 5.91. The number of rotatable bonds is 4. The van der Waals surface area contributed by atoms with Crippen LogP contribution in [0.2, 0.25) is 0 Å². The van der Waals surface area contributed by atoms with E-state index in [1.165, 1.54) is 0 Å². The van der Waals surface area contributed by atoms with E-state index in [4.69, 9.17) is 4.74 Å². The highest BCUT2D eigenvalue weighted by atomic mass is 16.5. The van der Waals surface area contributed by atoms with Gasteiger partial charge in [-0.3, -0.25) is 4.79 Å². The summed E-state index contributed by atoms with van der Waals surface area (Å²) in [6.45, 7) is 2.33. The van der Waals surface area contributed by atoms with Gasteiger partial charge in [-0.1, -0.05) is 42.5 Å². The standard InChI is InChI=1S/C18H15NO2/c1-13-17(11-20)19-16-10-6-5-9-15(16)18(13)21-12-14-7-3-2-4-8-14/h2-11H,12H2,1H3. The molecular weight excluding hydrogens is 262 g/mol. The van der Waals surface area contributed by atoms with Crippen LogP contribution in [0.5, 0.6) is 5.75 Å². The van der Waals surface area contributed by atoms with Gasteiger partial charge in [-0.05, 0) is 24.6 Å². The fraction of sp³-hybridized carbons (Fsp3) is 0.111. The molecule has 0 aliphatic carbocycles. The molecule has 3 aromatic rings. The molecule has 3 rings (SSSR count). The second-order valence-corrected chi connectivity index (χ2v) is 4.86. The maximum absolute atomic E-state index is 11.2. The maximum Gasteiger partial charge on any atom is 0.168 e. The van der Waals surface area contributed by atoms with Crippen LogP contribution in [0.4, 0.5) is 0 Å². The number of carbonyl (C=O) groups is 1. The topological polar surface area (TPSA) is 39.2 Å². The molecule has 3 nitrogen and oxygen atoms in total. The number of hydrogen-bond donors (Lipinski definition) is 0. The van der Waals surface area contributed by atoms with E-state index in [0.29, 0.717) is 12.3 Å². The van der Waals surface area contributed by atoms with E-state index in [1.54, 1.807) is 0 Å². The normalized spacial score (nSPS) is 10.5. The first-order valence-electron chi connectivity index (χ1n) is 6.81. The Balaban J connectivity index is 2.03. The molecule has 0 N–H and O–H groups in total. The van der Waals surface area contributed by atoms with Gasteiger partial charge in [-0.2, -0.15) is 0 Å². The number of hydrogen-bond acceptors (Lipinski definition) is 3. The fourth-order valence-corrected chi connectivity index (χ4v) is 2.33. The lowest BCUT2D eigenvalue weighted by molar-refractivity contribution is 0.111. The summed E-state index contributed by atoms with van der Waals surface area (Å²) in [5, 5.41) is 0.927. The molecule has 0 saturated heterocycles. The Morgan fingerprint density at radius 1 is 1.05 bits per heavy atom. The summed E-state index contributed by atoms with van der Waals surface area (Å²) in [6.07, 6.45) is 0.775. The third-order valence-electron chi connectivity index (χ3n) is 3.45. The van der Waals surface area contributed by atoms with Gasteiger partial charge in [0.2, 0.25) is 0 Å². The van der Waals surface area contributed by atoms with E-state index in [-0.39, 0.29) is 0 Å². The van der Waals surface area contributed by atoms with Crippen molar-refractivity contribution in [3.8, 4) is 5.75 Å². The molecule has 0 saturated carbocycles. The van der Waals surface area contributed by atoms with E-state index in [0.717, 1.165) is 34.1 Å². The molecule has 0 fully saturated rings. The number of para-hydroxylation sites is 1. The Kier molecular flexibility index (Phi) is 3.65. The van der Waals surface area contributed by atoms with Gasteiger partial charge in [0.25, 0.3) is 0 Å². The number of aromatic nitrogens is 1. The molecule has 104 valence electrons. The second-order valence-electron chi connectivity index (χ2n) is 4.86. The third-order valence-corrected chi connectivity index (χ3v) is 3.45. The first-order chi connectivity index (χ1) is 10.3. The van der Waals surface area contributed by atoms with Gasteiger partial charge < -0.3 is 4.74 Å².